The minimum atomic E-state index is -1.35. The quantitative estimate of drug-likeness (QED) is 0.829. The van der Waals surface area contributed by atoms with Gasteiger partial charge in [0.1, 0.15) is 0 Å². The molecule has 0 bridgehead atoms. The predicted molar refractivity (Wildman–Crippen MR) is 70.0 cm³/mol. The molecule has 0 spiro atoms. The van der Waals surface area contributed by atoms with Gasteiger partial charge in [-0.1, -0.05) is 54.6 Å². The second kappa shape index (κ2) is 3.67. The molecule has 0 aromatic heterocycles. The fourth-order valence-electron chi connectivity index (χ4n) is 2.66. The number of benzene rings is 2. The number of hydrogen-bond donors (Lipinski definition) is 1. The maximum atomic E-state index is 10.9. The van der Waals surface area contributed by atoms with Gasteiger partial charge in [0.2, 0.25) is 5.79 Å². The summed E-state index contributed by atoms with van der Waals surface area (Å²) in [6.45, 7) is 3.96. The zero-order chi connectivity index (χ0) is 12.8. The van der Waals surface area contributed by atoms with Crippen molar-refractivity contribution in [2.45, 2.75) is 25.2 Å². The van der Waals surface area contributed by atoms with Crippen molar-refractivity contribution < 1.29 is 9.84 Å². The van der Waals surface area contributed by atoms with E-state index in [1.807, 2.05) is 68.4 Å². The summed E-state index contributed by atoms with van der Waals surface area (Å²) < 4.78 is 5.95. The summed E-state index contributed by atoms with van der Waals surface area (Å²) in [6.07, 6.45) is 0. The molecular formula is C16H16O2. The van der Waals surface area contributed by atoms with Crippen molar-refractivity contribution in [2.75, 3.05) is 0 Å². The Bertz CT molecular complexity index is 575. The first-order valence-electron chi connectivity index (χ1n) is 6.12. The topological polar surface area (TPSA) is 29.5 Å². The zero-order valence-electron chi connectivity index (χ0n) is 10.6. The minimum absolute atomic E-state index is 0.485. The Kier molecular flexibility index (Phi) is 2.34. The largest absolute Gasteiger partial charge is 0.358 e. The Labute approximate surface area is 107 Å². The fourth-order valence-corrected chi connectivity index (χ4v) is 2.66. The van der Waals surface area contributed by atoms with Crippen LogP contribution in [0.2, 0.25) is 0 Å². The molecule has 1 N–H and O–H groups in total. The summed E-state index contributed by atoms with van der Waals surface area (Å²) in [5, 5.41) is 10.9. The van der Waals surface area contributed by atoms with Gasteiger partial charge in [-0.25, -0.2) is 0 Å². The molecule has 0 saturated heterocycles. The Balaban J connectivity index is 2.22. The molecule has 18 heavy (non-hydrogen) atoms. The number of aliphatic hydroxyl groups is 1. The monoisotopic (exact) mass is 240 g/mol. The van der Waals surface area contributed by atoms with Gasteiger partial charge in [-0.2, -0.15) is 0 Å². The van der Waals surface area contributed by atoms with E-state index in [1.165, 1.54) is 0 Å². The molecule has 0 unspecified atom stereocenters. The first-order chi connectivity index (χ1) is 8.54. The predicted octanol–water partition coefficient (Wildman–Crippen LogP) is 3.15. The van der Waals surface area contributed by atoms with E-state index in [-0.39, 0.29) is 0 Å². The van der Waals surface area contributed by atoms with Gasteiger partial charge in [-0.05, 0) is 19.4 Å². The van der Waals surface area contributed by atoms with Gasteiger partial charge >= 0.3 is 0 Å². The van der Waals surface area contributed by atoms with Crippen LogP contribution in [0.4, 0.5) is 0 Å². The Morgan fingerprint density at radius 3 is 2.06 bits per heavy atom. The van der Waals surface area contributed by atoms with Crippen LogP contribution in [0.5, 0.6) is 0 Å². The van der Waals surface area contributed by atoms with Crippen molar-refractivity contribution >= 4 is 0 Å². The molecule has 2 nitrogen and oxygen atoms in total. The van der Waals surface area contributed by atoms with Crippen LogP contribution in [0, 0.1) is 0 Å². The van der Waals surface area contributed by atoms with Gasteiger partial charge in [-0.15, -0.1) is 0 Å². The third-order valence-electron chi connectivity index (χ3n) is 3.51. The molecule has 1 aliphatic heterocycles. The van der Waals surface area contributed by atoms with Gasteiger partial charge in [0, 0.05) is 11.1 Å². The van der Waals surface area contributed by atoms with E-state index in [4.69, 9.17) is 4.74 Å². The smallest absolute Gasteiger partial charge is 0.221 e. The zero-order valence-corrected chi connectivity index (χ0v) is 10.6. The molecule has 1 atom stereocenters. The number of ether oxygens (including phenoxy) is 1. The maximum Gasteiger partial charge on any atom is 0.221 e. The summed E-state index contributed by atoms with van der Waals surface area (Å²) in [4.78, 5) is 0. The van der Waals surface area contributed by atoms with Crippen LogP contribution < -0.4 is 0 Å². The molecular weight excluding hydrogens is 224 g/mol. The van der Waals surface area contributed by atoms with E-state index in [9.17, 15) is 5.11 Å². The number of rotatable bonds is 1. The average Bonchev–Trinajstić information content (AvgIpc) is 2.60. The first kappa shape index (κ1) is 11.5. The van der Waals surface area contributed by atoms with E-state index in [0.29, 0.717) is 0 Å². The second-order valence-electron chi connectivity index (χ2n) is 5.17. The molecule has 92 valence electrons. The Morgan fingerprint density at radius 1 is 0.833 bits per heavy atom. The van der Waals surface area contributed by atoms with Crippen LogP contribution in [-0.2, 0) is 16.1 Å². The maximum absolute atomic E-state index is 10.9. The second-order valence-corrected chi connectivity index (χ2v) is 5.17. The van der Waals surface area contributed by atoms with E-state index in [2.05, 4.69) is 0 Å². The highest BCUT2D eigenvalue weighted by molar-refractivity contribution is 5.44. The highest BCUT2D eigenvalue weighted by Gasteiger charge is 2.48. The van der Waals surface area contributed by atoms with Gasteiger partial charge in [-0.3, -0.25) is 0 Å². The van der Waals surface area contributed by atoms with Crippen molar-refractivity contribution in [3.8, 4) is 0 Å². The summed E-state index contributed by atoms with van der Waals surface area (Å²) >= 11 is 0. The van der Waals surface area contributed by atoms with E-state index in [0.717, 1.165) is 16.7 Å². The standard InChI is InChI=1S/C16H16O2/c1-15(2)13-10-6-7-11-14(13)16(17,18-15)12-8-4-3-5-9-12/h3-11,17H,1-2H3/t16-/m0/s1. The minimum Gasteiger partial charge on any atom is -0.358 e. The van der Waals surface area contributed by atoms with E-state index >= 15 is 0 Å². The molecule has 2 aromatic carbocycles. The van der Waals surface area contributed by atoms with Gasteiger partial charge in [0.05, 0.1) is 5.60 Å². The van der Waals surface area contributed by atoms with Crippen molar-refractivity contribution in [3.05, 3.63) is 71.3 Å². The van der Waals surface area contributed by atoms with Crippen LogP contribution in [-0.4, -0.2) is 5.11 Å². The molecule has 2 aromatic rings. The highest BCUT2D eigenvalue weighted by atomic mass is 16.6. The molecule has 0 aliphatic carbocycles. The lowest BCUT2D eigenvalue weighted by Crippen LogP contribution is -2.30. The first-order valence-corrected chi connectivity index (χ1v) is 6.12. The Hall–Kier alpha value is -1.64. The lowest BCUT2D eigenvalue weighted by atomic mass is 9.91. The summed E-state index contributed by atoms with van der Waals surface area (Å²) in [6, 6.07) is 17.4. The van der Waals surface area contributed by atoms with Crippen molar-refractivity contribution in [2.24, 2.45) is 0 Å². The molecule has 0 saturated carbocycles. The van der Waals surface area contributed by atoms with E-state index in [1.54, 1.807) is 0 Å². The van der Waals surface area contributed by atoms with Crippen molar-refractivity contribution in [1.29, 1.82) is 0 Å². The summed E-state index contributed by atoms with van der Waals surface area (Å²) in [7, 11) is 0. The van der Waals surface area contributed by atoms with Crippen LogP contribution in [0.25, 0.3) is 0 Å². The molecule has 0 radical (unpaired) electrons. The van der Waals surface area contributed by atoms with Crippen molar-refractivity contribution in [3.63, 3.8) is 0 Å². The van der Waals surface area contributed by atoms with Crippen LogP contribution >= 0.6 is 0 Å². The molecule has 1 heterocycles. The van der Waals surface area contributed by atoms with Gasteiger partial charge in [0.25, 0.3) is 0 Å². The summed E-state index contributed by atoms with van der Waals surface area (Å²) in [5.41, 5.74) is 2.15. The van der Waals surface area contributed by atoms with E-state index < -0.39 is 11.4 Å². The molecule has 2 heteroatoms. The Morgan fingerprint density at radius 2 is 1.39 bits per heavy atom. The average molecular weight is 240 g/mol. The lowest BCUT2D eigenvalue weighted by molar-refractivity contribution is -0.222. The fraction of sp³-hybridized carbons (Fsp3) is 0.250. The van der Waals surface area contributed by atoms with Gasteiger partial charge in [0.15, 0.2) is 0 Å². The molecule has 3 rings (SSSR count). The molecule has 0 amide bonds. The van der Waals surface area contributed by atoms with Crippen LogP contribution in [0.3, 0.4) is 0 Å². The third kappa shape index (κ3) is 1.50. The third-order valence-corrected chi connectivity index (χ3v) is 3.51. The highest BCUT2D eigenvalue weighted by Crippen LogP contribution is 2.48. The normalized spacial score (nSPS) is 24.8. The van der Waals surface area contributed by atoms with Crippen LogP contribution in [0.1, 0.15) is 30.5 Å². The number of fused-ring (bicyclic) bond motifs is 1. The van der Waals surface area contributed by atoms with Crippen molar-refractivity contribution in [1.82, 2.24) is 0 Å². The number of hydrogen-bond acceptors (Lipinski definition) is 2. The summed E-state index contributed by atoms with van der Waals surface area (Å²) in [5.74, 6) is -1.35. The van der Waals surface area contributed by atoms with Gasteiger partial charge < -0.3 is 9.84 Å². The molecule has 0 fully saturated rings. The lowest BCUT2D eigenvalue weighted by Gasteiger charge is -2.27. The van der Waals surface area contributed by atoms with Crippen LogP contribution in [0.15, 0.2) is 54.6 Å². The molecule has 1 aliphatic rings. The SMILES string of the molecule is CC1(C)O[C@@](O)(c2ccccc2)c2ccccc21.